The summed E-state index contributed by atoms with van der Waals surface area (Å²) in [6.45, 7) is 13.3. The summed E-state index contributed by atoms with van der Waals surface area (Å²) in [5, 5.41) is 9.72. The Balaban J connectivity index is 0.000000427. The van der Waals surface area contributed by atoms with Gasteiger partial charge >= 0.3 is 0 Å². The molecule has 1 heterocycles. The van der Waals surface area contributed by atoms with E-state index in [0.29, 0.717) is 22.9 Å². The van der Waals surface area contributed by atoms with Crippen molar-refractivity contribution in [2.45, 2.75) is 54.1 Å². The van der Waals surface area contributed by atoms with Crippen molar-refractivity contribution in [1.82, 2.24) is 9.55 Å². The maximum absolute atomic E-state index is 12.1. The van der Waals surface area contributed by atoms with Crippen molar-refractivity contribution in [2.75, 3.05) is 13.7 Å². The number of aliphatic hydroxyl groups is 1. The van der Waals surface area contributed by atoms with E-state index in [0.717, 1.165) is 0 Å². The second-order valence-corrected chi connectivity index (χ2v) is 7.78. The molecule has 0 radical (unpaired) electrons. The number of rotatable bonds is 5. The molecule has 2 aromatic carbocycles. The van der Waals surface area contributed by atoms with Crippen molar-refractivity contribution in [2.24, 2.45) is 0 Å². The predicted octanol–water partition coefficient (Wildman–Crippen LogP) is 5.03. The summed E-state index contributed by atoms with van der Waals surface area (Å²) < 4.78 is 12.4. The van der Waals surface area contributed by atoms with Crippen LogP contribution in [0.2, 0.25) is 0 Å². The van der Waals surface area contributed by atoms with E-state index in [1.165, 1.54) is 22.8 Å². The first-order valence-corrected chi connectivity index (χ1v) is 10.7. The highest BCUT2D eigenvalue weighted by molar-refractivity contribution is 5.49. The third-order valence-corrected chi connectivity index (χ3v) is 4.24. The molecule has 0 unspecified atom stereocenters. The molecule has 3 aromatic rings. The van der Waals surface area contributed by atoms with Crippen molar-refractivity contribution < 1.29 is 14.6 Å². The molecule has 0 aliphatic carbocycles. The summed E-state index contributed by atoms with van der Waals surface area (Å²) in [5.74, 6) is 0.996. The van der Waals surface area contributed by atoms with Crippen LogP contribution in [0.25, 0.3) is 5.69 Å². The van der Waals surface area contributed by atoms with Crippen LogP contribution in [0, 0.1) is 20.8 Å². The summed E-state index contributed by atoms with van der Waals surface area (Å²) in [4.78, 5) is 16.1. The smallest absolute Gasteiger partial charge is 0.276 e. The molecule has 0 aliphatic rings. The maximum Gasteiger partial charge on any atom is 0.276 e. The lowest BCUT2D eigenvalue weighted by atomic mass is 10.2. The van der Waals surface area contributed by atoms with Crippen LogP contribution in [0.15, 0.2) is 59.7 Å². The van der Waals surface area contributed by atoms with Crippen molar-refractivity contribution >= 4 is 0 Å². The average Bonchev–Trinajstić information content (AvgIpc) is 2.77. The Labute approximate surface area is 191 Å². The molecule has 0 aliphatic heterocycles. The number of benzene rings is 2. The molecule has 0 spiro atoms. The lowest BCUT2D eigenvalue weighted by molar-refractivity contribution is 0.0276. The highest BCUT2D eigenvalue weighted by Crippen LogP contribution is 2.29. The lowest BCUT2D eigenvalue weighted by Crippen LogP contribution is -2.28. The molecule has 0 amide bonds. The molecule has 3 rings (SSSR count). The van der Waals surface area contributed by atoms with Crippen LogP contribution in [0.1, 0.15) is 44.5 Å². The van der Waals surface area contributed by atoms with Gasteiger partial charge in [-0.2, -0.15) is 0 Å². The minimum absolute atomic E-state index is 0.136. The molecule has 0 saturated carbocycles. The van der Waals surface area contributed by atoms with Gasteiger partial charge in [-0.05, 0) is 46.8 Å². The number of nitrogens with zero attached hydrogens (tertiary/aromatic N) is 2. The van der Waals surface area contributed by atoms with Gasteiger partial charge in [0.25, 0.3) is 5.56 Å². The minimum Gasteiger partial charge on any atom is -0.493 e. The number of hydrogen-bond donors (Lipinski definition) is 1. The Bertz CT molecular complexity index is 998. The van der Waals surface area contributed by atoms with E-state index in [-0.39, 0.29) is 12.2 Å². The van der Waals surface area contributed by atoms with E-state index >= 15 is 0 Å². The van der Waals surface area contributed by atoms with Gasteiger partial charge in [0, 0.05) is 18.5 Å². The number of aromatic nitrogens is 2. The minimum atomic E-state index is -0.942. The molecule has 6 nitrogen and oxygen atoms in total. The van der Waals surface area contributed by atoms with Gasteiger partial charge in [0.2, 0.25) is 0 Å². The Hall–Kier alpha value is -3.12. The van der Waals surface area contributed by atoms with Gasteiger partial charge in [0.15, 0.2) is 11.5 Å². The van der Waals surface area contributed by atoms with Gasteiger partial charge in [-0.3, -0.25) is 14.3 Å². The Kier molecular flexibility index (Phi) is 10.7. The van der Waals surface area contributed by atoms with Crippen LogP contribution < -0.4 is 15.0 Å². The first kappa shape index (κ1) is 26.9. The topological polar surface area (TPSA) is 73.6 Å². The predicted molar refractivity (Wildman–Crippen MR) is 130 cm³/mol. The van der Waals surface area contributed by atoms with Crippen molar-refractivity contribution in [3.63, 3.8) is 0 Å². The van der Waals surface area contributed by atoms with E-state index in [1.54, 1.807) is 51.4 Å². The van der Waals surface area contributed by atoms with Gasteiger partial charge in [0.05, 0.1) is 18.4 Å². The Morgan fingerprint density at radius 1 is 0.969 bits per heavy atom. The summed E-state index contributed by atoms with van der Waals surface area (Å²) in [5.41, 5.74) is 2.61. The van der Waals surface area contributed by atoms with Crippen LogP contribution in [0.3, 0.4) is 0 Å². The first-order valence-electron chi connectivity index (χ1n) is 10.7. The van der Waals surface area contributed by atoms with Gasteiger partial charge in [-0.25, -0.2) is 0 Å². The summed E-state index contributed by atoms with van der Waals surface area (Å²) >= 11 is 0. The van der Waals surface area contributed by atoms with E-state index in [2.05, 4.69) is 43.1 Å². The maximum atomic E-state index is 12.1. The monoisotopic (exact) mass is 440 g/mol. The van der Waals surface area contributed by atoms with E-state index in [4.69, 9.17) is 9.47 Å². The summed E-state index contributed by atoms with van der Waals surface area (Å²) in [6.07, 6.45) is 3.17. The van der Waals surface area contributed by atoms with E-state index < -0.39 is 5.60 Å². The zero-order valence-electron chi connectivity index (χ0n) is 20.5. The second-order valence-electron chi connectivity index (χ2n) is 7.78. The quantitative estimate of drug-likeness (QED) is 0.602. The average molecular weight is 441 g/mol. The largest absolute Gasteiger partial charge is 0.493 e. The summed E-state index contributed by atoms with van der Waals surface area (Å²) in [6, 6.07) is 13.7. The van der Waals surface area contributed by atoms with Gasteiger partial charge in [0.1, 0.15) is 12.3 Å². The molecular weight excluding hydrogens is 404 g/mol. The molecule has 0 saturated heterocycles. The van der Waals surface area contributed by atoms with Crippen molar-refractivity contribution in [3.8, 4) is 17.2 Å². The fourth-order valence-electron chi connectivity index (χ4n) is 2.53. The zero-order chi connectivity index (χ0) is 24.3. The Morgan fingerprint density at radius 2 is 1.53 bits per heavy atom. The zero-order valence-corrected chi connectivity index (χ0v) is 20.5. The second kappa shape index (κ2) is 12.7. The van der Waals surface area contributed by atoms with Crippen LogP contribution in [0.4, 0.5) is 0 Å². The number of aryl methyl sites for hydroxylation is 3. The molecule has 6 heteroatoms. The molecule has 0 bridgehead atoms. The highest BCUT2D eigenvalue weighted by Gasteiger charge is 2.16. The molecule has 174 valence electrons. The first-order chi connectivity index (χ1) is 15.1. The third kappa shape index (κ3) is 8.55. The Morgan fingerprint density at radius 3 is 2.03 bits per heavy atom. The van der Waals surface area contributed by atoms with Crippen molar-refractivity contribution in [1.29, 1.82) is 0 Å². The summed E-state index contributed by atoms with van der Waals surface area (Å²) in [7, 11) is 1.52. The van der Waals surface area contributed by atoms with Crippen LogP contribution in [0.5, 0.6) is 11.5 Å². The van der Waals surface area contributed by atoms with Crippen LogP contribution in [-0.4, -0.2) is 34.0 Å². The van der Waals surface area contributed by atoms with Crippen LogP contribution >= 0.6 is 0 Å². The van der Waals surface area contributed by atoms with E-state index in [1.807, 2.05) is 13.8 Å². The van der Waals surface area contributed by atoms with E-state index in [9.17, 15) is 9.90 Å². The SMILES string of the molecule is CC.COc1cc(-n2ccnc(C)c2=O)ccc1OCC(C)(C)O.Cc1ccc(C)cc1. The highest BCUT2D eigenvalue weighted by atomic mass is 16.5. The number of ether oxygens (including phenoxy) is 2. The third-order valence-electron chi connectivity index (χ3n) is 4.24. The molecule has 1 N–H and O–H groups in total. The molecule has 0 atom stereocenters. The molecule has 0 fully saturated rings. The molecule has 32 heavy (non-hydrogen) atoms. The molecular formula is C26H36N2O4. The van der Waals surface area contributed by atoms with Gasteiger partial charge < -0.3 is 14.6 Å². The number of methoxy groups -OCH3 is 1. The standard InChI is InChI=1S/C16H20N2O4.C8H10.C2H6/c1-11-15(19)18(8-7-17-11)12-5-6-13(14(9-12)21-4)22-10-16(2,3)20;1-7-3-5-8(2)6-4-7;1-2/h5-9,20H,10H2,1-4H3;3-6H,1-2H3;1-2H3. The number of hydrogen-bond acceptors (Lipinski definition) is 5. The normalized spacial score (nSPS) is 10.3. The van der Waals surface area contributed by atoms with Crippen molar-refractivity contribution in [3.05, 3.63) is 82.0 Å². The van der Waals surface area contributed by atoms with Gasteiger partial charge in [-0.1, -0.05) is 49.2 Å². The van der Waals surface area contributed by atoms with Crippen LogP contribution in [-0.2, 0) is 0 Å². The lowest BCUT2D eigenvalue weighted by Gasteiger charge is -2.19. The fourth-order valence-corrected chi connectivity index (χ4v) is 2.53. The molecule has 1 aromatic heterocycles. The van der Waals surface area contributed by atoms with Gasteiger partial charge in [-0.15, -0.1) is 0 Å². The fraction of sp³-hybridized carbons (Fsp3) is 0.385.